The van der Waals surface area contributed by atoms with Gasteiger partial charge in [-0.3, -0.25) is 9.79 Å². The quantitative estimate of drug-likeness (QED) is 0.572. The molecule has 1 aromatic carbocycles. The van der Waals surface area contributed by atoms with Crippen molar-refractivity contribution >= 4 is 23.8 Å². The molecule has 0 aliphatic heterocycles. The highest BCUT2D eigenvalue weighted by Gasteiger charge is 2.18. The molecule has 0 radical (unpaired) electrons. The summed E-state index contributed by atoms with van der Waals surface area (Å²) in [4.78, 5) is 17.8. The molecule has 0 aliphatic carbocycles. The number of benzene rings is 1. The van der Waals surface area contributed by atoms with Crippen molar-refractivity contribution < 1.29 is 9.53 Å². The van der Waals surface area contributed by atoms with Crippen LogP contribution in [0.15, 0.2) is 29.3 Å². The number of nitriles is 1. The number of hydrogen-bond acceptors (Lipinski definition) is 5. The molecule has 0 saturated heterocycles. The molecule has 0 unspecified atom stereocenters. The van der Waals surface area contributed by atoms with E-state index in [1.807, 2.05) is 49.3 Å². The summed E-state index contributed by atoms with van der Waals surface area (Å²) in [5.41, 5.74) is 0.955. The monoisotopic (exact) mass is 321 g/mol. The molecule has 0 saturated carbocycles. The van der Waals surface area contributed by atoms with Crippen molar-refractivity contribution in [1.29, 1.82) is 5.26 Å². The molecule has 1 rings (SSSR count). The Morgan fingerprint density at radius 3 is 2.73 bits per heavy atom. The SMILES string of the molecule is CCOC(=O)[C@H](C#N)C=NC[C@H](c1ccccc1Cl)N(C)C. The van der Waals surface area contributed by atoms with Gasteiger partial charge in [0.2, 0.25) is 0 Å². The van der Waals surface area contributed by atoms with Crippen LogP contribution in [0.4, 0.5) is 0 Å². The number of esters is 1. The maximum Gasteiger partial charge on any atom is 0.328 e. The summed E-state index contributed by atoms with van der Waals surface area (Å²) in [6, 6.07) is 9.39. The Balaban J connectivity index is 2.81. The van der Waals surface area contributed by atoms with Crippen LogP contribution in [-0.4, -0.2) is 44.3 Å². The molecular weight excluding hydrogens is 302 g/mol. The minimum atomic E-state index is -0.978. The second kappa shape index (κ2) is 9.19. The number of halogens is 1. The van der Waals surface area contributed by atoms with Crippen LogP contribution < -0.4 is 0 Å². The third-order valence-corrected chi connectivity index (χ3v) is 3.44. The van der Waals surface area contributed by atoms with Crippen molar-refractivity contribution in [2.45, 2.75) is 13.0 Å². The lowest BCUT2D eigenvalue weighted by Crippen LogP contribution is -2.23. The third kappa shape index (κ3) is 5.14. The Kier molecular flexibility index (Phi) is 7.58. The van der Waals surface area contributed by atoms with Gasteiger partial charge in [0.05, 0.1) is 25.3 Å². The van der Waals surface area contributed by atoms with Crippen molar-refractivity contribution in [3.8, 4) is 6.07 Å². The first kappa shape index (κ1) is 18.1. The van der Waals surface area contributed by atoms with E-state index in [-0.39, 0.29) is 12.6 Å². The van der Waals surface area contributed by atoms with Gasteiger partial charge in [0, 0.05) is 11.2 Å². The molecule has 0 N–H and O–H groups in total. The lowest BCUT2D eigenvalue weighted by Gasteiger charge is -2.24. The van der Waals surface area contributed by atoms with Gasteiger partial charge in [-0.25, -0.2) is 0 Å². The Hall–Kier alpha value is -1.90. The Bertz CT molecular complexity index is 567. The van der Waals surface area contributed by atoms with Gasteiger partial charge in [-0.1, -0.05) is 29.8 Å². The summed E-state index contributed by atoms with van der Waals surface area (Å²) in [7, 11) is 3.85. The van der Waals surface area contributed by atoms with Gasteiger partial charge in [-0.05, 0) is 32.6 Å². The zero-order valence-electron chi connectivity index (χ0n) is 13.0. The molecule has 0 heterocycles. The minimum absolute atomic E-state index is 0.0357. The Morgan fingerprint density at radius 1 is 1.50 bits per heavy atom. The zero-order chi connectivity index (χ0) is 16.5. The van der Waals surface area contributed by atoms with Gasteiger partial charge in [0.15, 0.2) is 5.92 Å². The fourth-order valence-electron chi connectivity index (χ4n) is 1.93. The summed E-state index contributed by atoms with van der Waals surface area (Å²) in [5, 5.41) is 9.65. The lowest BCUT2D eigenvalue weighted by atomic mass is 10.1. The predicted molar refractivity (Wildman–Crippen MR) is 87.0 cm³/mol. The lowest BCUT2D eigenvalue weighted by molar-refractivity contribution is -0.143. The number of likely N-dealkylation sites (N-methyl/N-ethyl adjacent to an activating group) is 1. The van der Waals surface area contributed by atoms with Gasteiger partial charge in [0.1, 0.15) is 0 Å². The summed E-state index contributed by atoms with van der Waals surface area (Å²) in [5.74, 6) is -1.55. The van der Waals surface area contributed by atoms with Crippen molar-refractivity contribution in [2.75, 3.05) is 27.2 Å². The van der Waals surface area contributed by atoms with Crippen molar-refractivity contribution in [2.24, 2.45) is 10.9 Å². The minimum Gasteiger partial charge on any atom is -0.465 e. The molecule has 0 bridgehead atoms. The maximum atomic E-state index is 11.5. The second-order valence-corrected chi connectivity index (χ2v) is 5.28. The summed E-state index contributed by atoms with van der Waals surface area (Å²) in [6.45, 7) is 2.34. The molecule has 22 heavy (non-hydrogen) atoms. The number of ether oxygens (including phenoxy) is 1. The van der Waals surface area contributed by atoms with Crippen molar-refractivity contribution in [3.63, 3.8) is 0 Å². The maximum absolute atomic E-state index is 11.5. The van der Waals surface area contributed by atoms with Crippen LogP contribution >= 0.6 is 11.6 Å². The average Bonchev–Trinajstić information content (AvgIpc) is 2.48. The van der Waals surface area contributed by atoms with Crippen molar-refractivity contribution in [1.82, 2.24) is 4.90 Å². The van der Waals surface area contributed by atoms with Crippen LogP contribution in [0.2, 0.25) is 5.02 Å². The van der Waals surface area contributed by atoms with E-state index >= 15 is 0 Å². The molecular formula is C16H20ClN3O2. The van der Waals surface area contributed by atoms with Crippen LogP contribution in [0.1, 0.15) is 18.5 Å². The molecule has 0 aromatic heterocycles. The van der Waals surface area contributed by atoms with Gasteiger partial charge in [-0.2, -0.15) is 5.26 Å². The normalized spacial score (nSPS) is 13.8. The first-order valence-corrected chi connectivity index (χ1v) is 7.36. The second-order valence-electron chi connectivity index (χ2n) is 4.87. The number of aliphatic imine (C=N–C) groups is 1. The van der Waals surface area contributed by atoms with E-state index in [1.165, 1.54) is 6.21 Å². The topological polar surface area (TPSA) is 65.7 Å². The third-order valence-electron chi connectivity index (χ3n) is 3.10. The fraction of sp³-hybridized carbons (Fsp3) is 0.438. The van der Waals surface area contributed by atoms with Crippen LogP contribution in [0, 0.1) is 17.2 Å². The van der Waals surface area contributed by atoms with Gasteiger partial charge in [-0.15, -0.1) is 0 Å². The van der Waals surface area contributed by atoms with E-state index in [4.69, 9.17) is 21.6 Å². The molecule has 0 aliphatic rings. The molecule has 0 amide bonds. The standard InChI is InChI=1S/C16H20ClN3O2/c1-4-22-16(21)12(9-18)10-19-11-15(20(2)3)13-7-5-6-8-14(13)17/h5-8,10,12,15H,4,11H2,1-3H3/t12-,15-/m1/s1. The smallest absolute Gasteiger partial charge is 0.328 e. The van der Waals surface area contributed by atoms with E-state index in [2.05, 4.69) is 4.99 Å². The Labute approximate surface area is 136 Å². The summed E-state index contributed by atoms with van der Waals surface area (Å²) in [6.07, 6.45) is 1.34. The van der Waals surface area contributed by atoms with E-state index in [0.717, 1.165) is 5.56 Å². The molecule has 118 valence electrons. The molecule has 2 atom stereocenters. The molecule has 0 spiro atoms. The van der Waals surface area contributed by atoms with E-state index in [1.54, 1.807) is 6.92 Å². The van der Waals surface area contributed by atoms with Gasteiger partial charge in [0.25, 0.3) is 0 Å². The van der Waals surface area contributed by atoms with E-state index in [0.29, 0.717) is 11.6 Å². The van der Waals surface area contributed by atoms with Crippen LogP contribution in [0.3, 0.4) is 0 Å². The molecule has 0 fully saturated rings. The van der Waals surface area contributed by atoms with Crippen molar-refractivity contribution in [3.05, 3.63) is 34.9 Å². The number of nitrogens with zero attached hydrogens (tertiary/aromatic N) is 3. The predicted octanol–water partition coefficient (Wildman–Crippen LogP) is 2.72. The van der Waals surface area contributed by atoms with E-state index in [9.17, 15) is 4.79 Å². The van der Waals surface area contributed by atoms with Gasteiger partial charge < -0.3 is 9.64 Å². The number of carbonyl (C=O) groups is 1. The largest absolute Gasteiger partial charge is 0.465 e. The first-order valence-electron chi connectivity index (χ1n) is 6.98. The molecule has 5 nitrogen and oxygen atoms in total. The number of rotatable bonds is 7. The highest BCUT2D eigenvalue weighted by atomic mass is 35.5. The molecule has 6 heteroatoms. The van der Waals surface area contributed by atoms with Gasteiger partial charge >= 0.3 is 5.97 Å². The summed E-state index contributed by atoms with van der Waals surface area (Å²) >= 11 is 6.22. The van der Waals surface area contributed by atoms with Crippen LogP contribution in [0.25, 0.3) is 0 Å². The highest BCUT2D eigenvalue weighted by Crippen LogP contribution is 2.26. The number of carbonyl (C=O) groups excluding carboxylic acids is 1. The summed E-state index contributed by atoms with van der Waals surface area (Å²) < 4.78 is 4.82. The van der Waals surface area contributed by atoms with Crippen LogP contribution in [-0.2, 0) is 9.53 Å². The molecule has 1 aromatic rings. The fourth-order valence-corrected chi connectivity index (χ4v) is 2.19. The first-order chi connectivity index (χ1) is 10.5. The Morgan fingerprint density at radius 2 is 2.18 bits per heavy atom. The highest BCUT2D eigenvalue weighted by molar-refractivity contribution is 6.31. The number of hydrogen-bond donors (Lipinski definition) is 0. The zero-order valence-corrected chi connectivity index (χ0v) is 13.7. The average molecular weight is 322 g/mol. The van der Waals surface area contributed by atoms with E-state index < -0.39 is 11.9 Å². The van der Waals surface area contributed by atoms with Crippen LogP contribution in [0.5, 0.6) is 0 Å².